The summed E-state index contributed by atoms with van der Waals surface area (Å²) in [7, 11) is 0. The summed E-state index contributed by atoms with van der Waals surface area (Å²) in [6, 6.07) is 11.9. The number of anilines is 1. The van der Waals surface area contributed by atoms with Gasteiger partial charge in [0.2, 0.25) is 0 Å². The van der Waals surface area contributed by atoms with Crippen molar-refractivity contribution in [2.75, 3.05) is 17.3 Å². The minimum Gasteiger partial charge on any atom is -0.304 e. The summed E-state index contributed by atoms with van der Waals surface area (Å²) in [6.45, 7) is 0.569. The molecule has 0 bridgehead atoms. The van der Waals surface area contributed by atoms with Crippen molar-refractivity contribution in [2.24, 2.45) is 0 Å². The number of carbonyl (C=O) groups excluding carboxylic acids is 1. The van der Waals surface area contributed by atoms with E-state index >= 15 is 0 Å². The summed E-state index contributed by atoms with van der Waals surface area (Å²) < 4.78 is 0. The molecule has 1 amide bonds. The maximum Gasteiger partial charge on any atom is 0.259 e. The van der Waals surface area contributed by atoms with Crippen molar-refractivity contribution >= 4 is 34.0 Å². The maximum atomic E-state index is 12.3. The SMILES string of the molecule is O=C1c2cccc3cccc(c23)N1CC=CCCl. The average molecular weight is 258 g/mol. The number of hydrogen-bond acceptors (Lipinski definition) is 1. The van der Waals surface area contributed by atoms with Crippen LogP contribution in [0.15, 0.2) is 48.6 Å². The van der Waals surface area contributed by atoms with Crippen molar-refractivity contribution in [2.45, 2.75) is 0 Å². The second-order valence-electron chi connectivity index (χ2n) is 4.22. The van der Waals surface area contributed by atoms with E-state index in [1.54, 1.807) is 4.90 Å². The lowest BCUT2D eigenvalue weighted by Crippen LogP contribution is -2.26. The Morgan fingerprint density at radius 2 is 1.89 bits per heavy atom. The van der Waals surface area contributed by atoms with Gasteiger partial charge >= 0.3 is 0 Å². The normalized spacial score (nSPS) is 14.1. The van der Waals surface area contributed by atoms with Gasteiger partial charge in [-0.1, -0.05) is 36.4 Å². The first kappa shape index (κ1) is 11.3. The molecule has 0 radical (unpaired) electrons. The van der Waals surface area contributed by atoms with E-state index in [0.717, 1.165) is 22.0 Å². The third kappa shape index (κ3) is 1.61. The van der Waals surface area contributed by atoms with Crippen LogP contribution in [0.1, 0.15) is 10.4 Å². The average Bonchev–Trinajstić information content (AvgIpc) is 2.67. The van der Waals surface area contributed by atoms with Gasteiger partial charge in [0, 0.05) is 23.4 Å². The second kappa shape index (κ2) is 4.46. The molecule has 0 N–H and O–H groups in total. The molecule has 90 valence electrons. The Morgan fingerprint density at radius 1 is 1.11 bits per heavy atom. The van der Waals surface area contributed by atoms with Gasteiger partial charge in [0.15, 0.2) is 0 Å². The van der Waals surface area contributed by atoms with Crippen LogP contribution in [0.3, 0.4) is 0 Å². The number of rotatable bonds is 3. The van der Waals surface area contributed by atoms with Gasteiger partial charge in [-0.25, -0.2) is 0 Å². The van der Waals surface area contributed by atoms with Crippen LogP contribution in [-0.4, -0.2) is 18.3 Å². The topological polar surface area (TPSA) is 20.3 Å². The van der Waals surface area contributed by atoms with Crippen LogP contribution >= 0.6 is 11.6 Å². The van der Waals surface area contributed by atoms with Crippen LogP contribution in [0.4, 0.5) is 5.69 Å². The van der Waals surface area contributed by atoms with Gasteiger partial charge in [0.25, 0.3) is 5.91 Å². The molecule has 3 rings (SSSR count). The van der Waals surface area contributed by atoms with E-state index in [0.29, 0.717) is 12.4 Å². The lowest BCUT2D eigenvalue weighted by atomic mass is 10.1. The molecule has 0 saturated carbocycles. The van der Waals surface area contributed by atoms with E-state index in [2.05, 4.69) is 0 Å². The van der Waals surface area contributed by atoms with E-state index in [1.807, 2.05) is 48.6 Å². The summed E-state index contributed by atoms with van der Waals surface area (Å²) in [5, 5.41) is 2.17. The molecule has 0 saturated heterocycles. The van der Waals surface area contributed by atoms with Crippen molar-refractivity contribution in [3.05, 3.63) is 54.1 Å². The Balaban J connectivity index is 2.11. The molecular formula is C15H12ClNO. The van der Waals surface area contributed by atoms with E-state index in [4.69, 9.17) is 11.6 Å². The van der Waals surface area contributed by atoms with Gasteiger partial charge in [0.1, 0.15) is 0 Å². The molecule has 0 atom stereocenters. The van der Waals surface area contributed by atoms with Crippen molar-refractivity contribution in [3.8, 4) is 0 Å². The number of benzene rings is 2. The molecule has 2 aromatic rings. The highest BCUT2D eigenvalue weighted by Gasteiger charge is 2.28. The standard InChI is InChI=1S/C15H12ClNO/c16-9-1-2-10-17-13-8-4-6-11-5-3-7-12(14(11)13)15(17)18/h1-8H,9-10H2. The first-order valence-corrected chi connectivity index (χ1v) is 6.41. The zero-order valence-corrected chi connectivity index (χ0v) is 10.5. The smallest absolute Gasteiger partial charge is 0.259 e. The Kier molecular flexibility index (Phi) is 2.80. The van der Waals surface area contributed by atoms with Crippen LogP contribution in [0, 0.1) is 0 Å². The molecule has 2 aromatic carbocycles. The van der Waals surface area contributed by atoms with Gasteiger partial charge < -0.3 is 4.90 Å². The van der Waals surface area contributed by atoms with E-state index in [-0.39, 0.29) is 5.91 Å². The number of allylic oxidation sites excluding steroid dienone is 1. The number of amides is 1. The molecular weight excluding hydrogens is 246 g/mol. The number of halogens is 1. The summed E-state index contributed by atoms with van der Waals surface area (Å²) in [5.41, 5.74) is 1.79. The number of alkyl halides is 1. The van der Waals surface area contributed by atoms with E-state index in [9.17, 15) is 4.79 Å². The first-order chi connectivity index (χ1) is 8.83. The minimum atomic E-state index is 0.0704. The lowest BCUT2D eigenvalue weighted by Gasteiger charge is -2.15. The fourth-order valence-corrected chi connectivity index (χ4v) is 2.53. The Morgan fingerprint density at radius 3 is 2.67 bits per heavy atom. The molecule has 0 unspecified atom stereocenters. The van der Waals surface area contributed by atoms with Crippen LogP contribution in [0.5, 0.6) is 0 Å². The number of hydrogen-bond donors (Lipinski definition) is 0. The first-order valence-electron chi connectivity index (χ1n) is 5.87. The molecule has 18 heavy (non-hydrogen) atoms. The zero-order chi connectivity index (χ0) is 12.5. The Bertz CT molecular complexity index is 643. The van der Waals surface area contributed by atoms with Crippen molar-refractivity contribution in [1.29, 1.82) is 0 Å². The highest BCUT2D eigenvalue weighted by Crippen LogP contribution is 2.36. The van der Waals surface area contributed by atoms with Gasteiger partial charge in [-0.15, -0.1) is 11.6 Å². The predicted octanol–water partition coefficient (Wildman–Crippen LogP) is 3.60. The minimum absolute atomic E-state index is 0.0704. The summed E-state index contributed by atoms with van der Waals surface area (Å²) in [6.07, 6.45) is 3.79. The maximum absolute atomic E-state index is 12.3. The molecule has 0 spiro atoms. The molecule has 1 aliphatic heterocycles. The summed E-state index contributed by atoms with van der Waals surface area (Å²) >= 11 is 5.60. The largest absolute Gasteiger partial charge is 0.304 e. The fraction of sp³-hybridized carbons (Fsp3) is 0.133. The molecule has 1 aliphatic rings. The van der Waals surface area contributed by atoms with Crippen molar-refractivity contribution in [3.63, 3.8) is 0 Å². The molecule has 1 heterocycles. The van der Waals surface area contributed by atoms with Gasteiger partial charge in [-0.3, -0.25) is 4.79 Å². The van der Waals surface area contributed by atoms with Gasteiger partial charge in [0.05, 0.1) is 5.69 Å². The summed E-state index contributed by atoms with van der Waals surface area (Å²) in [5.74, 6) is 0.542. The monoisotopic (exact) mass is 257 g/mol. The fourth-order valence-electron chi connectivity index (χ4n) is 2.40. The number of nitrogens with zero attached hydrogens (tertiary/aromatic N) is 1. The molecule has 0 fully saturated rings. The van der Waals surface area contributed by atoms with Gasteiger partial charge in [-0.05, 0) is 17.5 Å². The van der Waals surface area contributed by atoms with Gasteiger partial charge in [-0.2, -0.15) is 0 Å². The van der Waals surface area contributed by atoms with Crippen molar-refractivity contribution < 1.29 is 4.79 Å². The lowest BCUT2D eigenvalue weighted by molar-refractivity contribution is 0.0996. The molecule has 3 heteroatoms. The van der Waals surface area contributed by atoms with E-state index < -0.39 is 0 Å². The second-order valence-corrected chi connectivity index (χ2v) is 4.53. The quantitative estimate of drug-likeness (QED) is 0.608. The highest BCUT2D eigenvalue weighted by molar-refractivity contribution is 6.25. The third-order valence-electron chi connectivity index (χ3n) is 3.19. The highest BCUT2D eigenvalue weighted by atomic mass is 35.5. The van der Waals surface area contributed by atoms with Crippen LogP contribution in [0.2, 0.25) is 0 Å². The Labute approximate surface area is 110 Å². The summed E-state index contributed by atoms with van der Waals surface area (Å²) in [4.78, 5) is 14.1. The molecule has 2 nitrogen and oxygen atoms in total. The number of carbonyl (C=O) groups is 1. The predicted molar refractivity (Wildman–Crippen MR) is 75.5 cm³/mol. The van der Waals surface area contributed by atoms with Crippen LogP contribution < -0.4 is 4.90 Å². The van der Waals surface area contributed by atoms with Crippen LogP contribution in [-0.2, 0) is 0 Å². The van der Waals surface area contributed by atoms with Crippen molar-refractivity contribution in [1.82, 2.24) is 0 Å². The zero-order valence-electron chi connectivity index (χ0n) is 9.77. The van der Waals surface area contributed by atoms with Crippen LogP contribution in [0.25, 0.3) is 10.8 Å². The molecule has 0 aliphatic carbocycles. The third-order valence-corrected chi connectivity index (χ3v) is 3.37. The Hall–Kier alpha value is -1.80. The molecule has 0 aromatic heterocycles. The van der Waals surface area contributed by atoms with E-state index in [1.165, 1.54) is 0 Å².